The first-order chi connectivity index (χ1) is 22.1. The molecule has 1 atom stereocenters. The maximum Gasteiger partial charge on any atom is 0.416 e. The van der Waals surface area contributed by atoms with E-state index in [1.807, 2.05) is 33.8 Å². The van der Waals surface area contributed by atoms with Crippen LogP contribution in [0.25, 0.3) is 11.4 Å². The second-order valence-corrected chi connectivity index (χ2v) is 13.9. The van der Waals surface area contributed by atoms with Crippen LogP contribution >= 0.6 is 11.6 Å². The molecule has 1 aromatic carbocycles. The maximum atomic E-state index is 14.3. The molecule has 0 saturated carbocycles. The predicted octanol–water partition coefficient (Wildman–Crippen LogP) is 5.78. The van der Waals surface area contributed by atoms with Crippen LogP contribution in [0.5, 0.6) is 0 Å². The fraction of sp³-hybridized carbons (Fsp3) is 0.531. The number of ether oxygens (including phenoxy) is 2. The van der Waals surface area contributed by atoms with E-state index in [0.717, 1.165) is 23.8 Å². The van der Waals surface area contributed by atoms with Crippen molar-refractivity contribution >= 4 is 40.6 Å². The highest BCUT2D eigenvalue weighted by Crippen LogP contribution is 2.50. The molecule has 15 heteroatoms. The van der Waals surface area contributed by atoms with Crippen molar-refractivity contribution in [3.05, 3.63) is 62.3 Å². The molecule has 1 N–H and O–H groups in total. The Bertz CT molecular complexity index is 1840. The van der Waals surface area contributed by atoms with Crippen LogP contribution in [0.15, 0.2) is 29.1 Å². The molecule has 1 saturated heterocycles. The number of benzene rings is 1. The van der Waals surface area contributed by atoms with Crippen molar-refractivity contribution in [1.82, 2.24) is 24.1 Å². The molecule has 3 aromatic rings. The summed E-state index contributed by atoms with van der Waals surface area (Å²) in [7, 11) is 0. The lowest BCUT2D eigenvalue weighted by atomic mass is 9.74. The van der Waals surface area contributed by atoms with Gasteiger partial charge in [0.25, 0.3) is 5.56 Å². The number of halogens is 4. The number of likely N-dealkylation sites (tertiary alicyclic amines) is 1. The number of anilines is 1. The lowest BCUT2D eigenvalue weighted by Gasteiger charge is -2.40. The van der Waals surface area contributed by atoms with Gasteiger partial charge in [-0.1, -0.05) is 24.6 Å². The maximum absolute atomic E-state index is 14.3. The van der Waals surface area contributed by atoms with Crippen molar-refractivity contribution in [1.29, 1.82) is 0 Å². The molecular formula is C32H36ClF3N6O5. The molecule has 1 fully saturated rings. The largest absolute Gasteiger partial charge is 0.444 e. The van der Waals surface area contributed by atoms with Gasteiger partial charge in [0.15, 0.2) is 5.82 Å². The minimum Gasteiger partial charge on any atom is -0.444 e. The standard InChI is InChI=1S/C32H36ClF3N6O5/c1-18-16-31(9-11-40(12-10-31)29(45)47-30(2,3)4)24-25(18)41(17-23(43)37-22-6-5-20(15-21(22)33)32(34,35)36)28-38-26(39-42(28)27(24)44)19-7-13-46-14-8-19/h5-7,15,18H,8-14,16-17H2,1-4H3,(H,37,43). The Hall–Kier alpha value is -3.91. The van der Waals surface area contributed by atoms with Crippen LogP contribution in [0.3, 0.4) is 0 Å². The van der Waals surface area contributed by atoms with E-state index in [2.05, 4.69) is 10.4 Å². The summed E-state index contributed by atoms with van der Waals surface area (Å²) in [6.07, 6.45) is -0.933. The van der Waals surface area contributed by atoms with Gasteiger partial charge in [0, 0.05) is 29.8 Å². The first-order valence-electron chi connectivity index (χ1n) is 15.5. The molecule has 2 aliphatic heterocycles. The van der Waals surface area contributed by atoms with Gasteiger partial charge >= 0.3 is 12.3 Å². The number of amides is 2. The monoisotopic (exact) mass is 676 g/mol. The summed E-state index contributed by atoms with van der Waals surface area (Å²) in [6, 6.07) is 2.71. The Labute approximate surface area is 273 Å². The number of aromatic nitrogens is 4. The van der Waals surface area contributed by atoms with Gasteiger partial charge < -0.3 is 24.3 Å². The lowest BCUT2D eigenvalue weighted by molar-refractivity contribution is -0.137. The third-order valence-corrected chi connectivity index (χ3v) is 9.29. The van der Waals surface area contributed by atoms with Gasteiger partial charge in [-0.15, -0.1) is 5.10 Å². The van der Waals surface area contributed by atoms with Crippen molar-refractivity contribution in [2.24, 2.45) is 0 Å². The van der Waals surface area contributed by atoms with Crippen LogP contribution in [-0.4, -0.2) is 68.0 Å². The molecular weight excluding hydrogens is 641 g/mol. The first kappa shape index (κ1) is 33.0. The van der Waals surface area contributed by atoms with Gasteiger partial charge in [-0.2, -0.15) is 22.7 Å². The van der Waals surface area contributed by atoms with Gasteiger partial charge in [0.2, 0.25) is 11.7 Å². The molecule has 1 unspecified atom stereocenters. The molecule has 0 bridgehead atoms. The van der Waals surface area contributed by atoms with E-state index in [0.29, 0.717) is 69.1 Å². The number of hydrogen-bond donors (Lipinski definition) is 1. The zero-order valence-electron chi connectivity index (χ0n) is 26.5. The minimum absolute atomic E-state index is 0.0203. The molecule has 47 heavy (non-hydrogen) atoms. The number of rotatable bonds is 4. The highest BCUT2D eigenvalue weighted by molar-refractivity contribution is 6.33. The summed E-state index contributed by atoms with van der Waals surface area (Å²) in [5.74, 6) is -0.182. The number of nitrogens with zero attached hydrogens (tertiary/aromatic N) is 5. The topological polar surface area (TPSA) is 120 Å². The highest BCUT2D eigenvalue weighted by atomic mass is 35.5. The number of piperidine rings is 1. The zero-order valence-corrected chi connectivity index (χ0v) is 27.3. The van der Waals surface area contributed by atoms with Gasteiger partial charge in [-0.05, 0) is 76.1 Å². The van der Waals surface area contributed by atoms with E-state index < -0.39 is 34.8 Å². The summed E-state index contributed by atoms with van der Waals surface area (Å²) in [6.45, 7) is 8.76. The Morgan fingerprint density at radius 2 is 1.91 bits per heavy atom. The zero-order chi connectivity index (χ0) is 33.9. The first-order valence-corrected chi connectivity index (χ1v) is 15.9. The fourth-order valence-corrected chi connectivity index (χ4v) is 7.14. The predicted molar refractivity (Wildman–Crippen MR) is 167 cm³/mol. The number of fused-ring (bicyclic) bond motifs is 3. The number of alkyl halides is 3. The van der Waals surface area contributed by atoms with Crippen LogP contribution < -0.4 is 10.9 Å². The number of carbonyl (C=O) groups excluding carboxylic acids is 2. The summed E-state index contributed by atoms with van der Waals surface area (Å²) < 4.78 is 53.5. The normalized spacial score (nSPS) is 19.5. The van der Waals surface area contributed by atoms with Gasteiger partial charge in [-0.3, -0.25) is 9.59 Å². The van der Waals surface area contributed by atoms with Gasteiger partial charge in [0.1, 0.15) is 12.1 Å². The summed E-state index contributed by atoms with van der Waals surface area (Å²) in [5.41, 5.74) is -0.434. The highest BCUT2D eigenvalue weighted by Gasteiger charge is 2.49. The van der Waals surface area contributed by atoms with Crippen molar-refractivity contribution in [3.63, 3.8) is 0 Å². The smallest absolute Gasteiger partial charge is 0.416 e. The quantitative estimate of drug-likeness (QED) is 0.372. The van der Waals surface area contributed by atoms with Gasteiger partial charge in [0.05, 0.1) is 29.5 Å². The second kappa shape index (κ2) is 12.0. The average Bonchev–Trinajstić information content (AvgIpc) is 3.56. The molecule has 6 rings (SSSR count). The Kier molecular flexibility index (Phi) is 8.40. The van der Waals surface area contributed by atoms with E-state index in [4.69, 9.17) is 26.1 Å². The van der Waals surface area contributed by atoms with Crippen molar-refractivity contribution in [3.8, 4) is 0 Å². The molecule has 4 heterocycles. The molecule has 0 radical (unpaired) electrons. The summed E-state index contributed by atoms with van der Waals surface area (Å²) >= 11 is 6.13. The Morgan fingerprint density at radius 1 is 1.19 bits per heavy atom. The third-order valence-electron chi connectivity index (χ3n) is 8.97. The van der Waals surface area contributed by atoms with Crippen molar-refractivity contribution < 1.29 is 32.2 Å². The second-order valence-electron chi connectivity index (χ2n) is 13.4. The van der Waals surface area contributed by atoms with Crippen LogP contribution in [0.1, 0.15) is 81.9 Å². The minimum atomic E-state index is -4.59. The molecule has 3 aliphatic rings. The molecule has 2 amide bonds. The molecule has 11 nitrogen and oxygen atoms in total. The number of hydrogen-bond acceptors (Lipinski definition) is 7. The fourth-order valence-electron chi connectivity index (χ4n) is 6.91. The van der Waals surface area contributed by atoms with Crippen LogP contribution in [0, 0.1) is 0 Å². The summed E-state index contributed by atoms with van der Waals surface area (Å²) in [5, 5.41) is 6.96. The molecule has 2 aromatic heterocycles. The molecule has 1 aliphatic carbocycles. The van der Waals surface area contributed by atoms with Crippen LogP contribution in [0.4, 0.5) is 23.7 Å². The number of nitrogens with one attached hydrogen (secondary N) is 1. The Balaban J connectivity index is 1.39. The van der Waals surface area contributed by atoms with Crippen LogP contribution in [-0.2, 0) is 32.4 Å². The molecule has 1 spiro atoms. The van der Waals surface area contributed by atoms with E-state index in [1.165, 1.54) is 4.52 Å². The average molecular weight is 677 g/mol. The summed E-state index contributed by atoms with van der Waals surface area (Å²) in [4.78, 5) is 47.0. The number of carbonyl (C=O) groups is 2. The van der Waals surface area contributed by atoms with Gasteiger partial charge in [-0.25, -0.2) is 4.79 Å². The van der Waals surface area contributed by atoms with Crippen LogP contribution in [0.2, 0.25) is 5.02 Å². The molecule has 252 valence electrons. The SMILES string of the molecule is CC1CC2(CCN(C(=O)OC(C)(C)C)CC2)c2c1n(CC(=O)Nc1ccc(C(F)(F)F)cc1Cl)c1nc(C3=CCOCC3)nn1c2=O. The van der Waals surface area contributed by atoms with Crippen molar-refractivity contribution in [2.45, 2.75) is 83.0 Å². The third kappa shape index (κ3) is 6.37. The Morgan fingerprint density at radius 3 is 2.53 bits per heavy atom. The lowest BCUT2D eigenvalue weighted by Crippen LogP contribution is -2.48. The van der Waals surface area contributed by atoms with Crippen molar-refractivity contribution in [2.75, 3.05) is 31.6 Å². The van der Waals surface area contributed by atoms with E-state index in [9.17, 15) is 27.6 Å². The van der Waals surface area contributed by atoms with E-state index >= 15 is 0 Å². The van der Waals surface area contributed by atoms with E-state index in [1.54, 1.807) is 9.47 Å². The van der Waals surface area contributed by atoms with E-state index in [-0.39, 0.29) is 34.5 Å².